The Bertz CT molecular complexity index is 536. The Morgan fingerprint density at radius 1 is 1.45 bits per heavy atom. The Morgan fingerprint density at radius 3 is 2.95 bits per heavy atom. The number of hydrogen-bond acceptors (Lipinski definition) is 3. The second-order valence-corrected chi connectivity index (χ2v) is 5.71. The molecule has 0 saturated carbocycles. The summed E-state index contributed by atoms with van der Waals surface area (Å²) in [6.07, 6.45) is 1.72. The number of carbonyl (C=O) groups is 2. The van der Waals surface area contributed by atoms with Gasteiger partial charge in [0.25, 0.3) is 0 Å². The number of nitrogens with zero attached hydrogens (tertiary/aromatic N) is 1. The van der Waals surface area contributed by atoms with Crippen LogP contribution in [0.2, 0.25) is 5.02 Å². The minimum absolute atomic E-state index is 0.00281. The van der Waals surface area contributed by atoms with Gasteiger partial charge in [-0.25, -0.2) is 0 Å². The summed E-state index contributed by atoms with van der Waals surface area (Å²) in [4.78, 5) is 25.9. The predicted molar refractivity (Wildman–Crippen MR) is 84.5 cm³/mol. The van der Waals surface area contributed by atoms with E-state index in [1.165, 1.54) is 0 Å². The van der Waals surface area contributed by atoms with E-state index >= 15 is 0 Å². The molecule has 1 aliphatic heterocycles. The molecule has 1 aromatic carbocycles. The van der Waals surface area contributed by atoms with Crippen LogP contribution in [0.15, 0.2) is 24.3 Å². The Balaban J connectivity index is 1.97. The van der Waals surface area contributed by atoms with E-state index in [0.29, 0.717) is 37.6 Å². The molecule has 0 aromatic heterocycles. The fourth-order valence-electron chi connectivity index (χ4n) is 2.56. The molecule has 1 atom stereocenters. The summed E-state index contributed by atoms with van der Waals surface area (Å²) in [6, 6.07) is 6.98. The van der Waals surface area contributed by atoms with E-state index in [0.717, 1.165) is 12.0 Å². The smallest absolute Gasteiger partial charge is 0.242 e. The number of nitrogens with one attached hydrogen (secondary N) is 1. The number of amides is 2. The lowest BCUT2D eigenvalue weighted by atomic mass is 10.1. The SMILES string of the molecule is COCCCNC(=O)[C@@H]1CCC(=O)N1Cc1ccccc1Cl. The van der Waals surface area contributed by atoms with Gasteiger partial charge in [-0.05, 0) is 24.5 Å². The van der Waals surface area contributed by atoms with E-state index in [2.05, 4.69) is 5.32 Å². The molecule has 1 saturated heterocycles. The van der Waals surface area contributed by atoms with Crippen LogP contribution in [-0.2, 0) is 20.9 Å². The minimum atomic E-state index is -0.411. The molecular formula is C16H21ClN2O3. The van der Waals surface area contributed by atoms with Crippen LogP contribution in [0.1, 0.15) is 24.8 Å². The first-order valence-electron chi connectivity index (χ1n) is 7.43. The highest BCUT2D eigenvalue weighted by Crippen LogP contribution is 2.24. The van der Waals surface area contributed by atoms with Crippen molar-refractivity contribution in [1.29, 1.82) is 0 Å². The fourth-order valence-corrected chi connectivity index (χ4v) is 2.76. The lowest BCUT2D eigenvalue weighted by molar-refractivity contribution is -0.135. The second-order valence-electron chi connectivity index (χ2n) is 5.30. The summed E-state index contributed by atoms with van der Waals surface area (Å²) >= 11 is 6.14. The average molecular weight is 325 g/mol. The number of hydrogen-bond donors (Lipinski definition) is 1. The Kier molecular flexibility index (Phi) is 6.21. The molecule has 1 heterocycles. The van der Waals surface area contributed by atoms with Crippen molar-refractivity contribution in [2.45, 2.75) is 31.8 Å². The molecule has 1 aromatic rings. The summed E-state index contributed by atoms with van der Waals surface area (Å²) in [5.41, 5.74) is 0.858. The highest BCUT2D eigenvalue weighted by atomic mass is 35.5. The van der Waals surface area contributed by atoms with Crippen LogP contribution in [0.25, 0.3) is 0 Å². The molecule has 22 heavy (non-hydrogen) atoms. The highest BCUT2D eigenvalue weighted by molar-refractivity contribution is 6.31. The molecule has 2 rings (SSSR count). The van der Waals surface area contributed by atoms with Crippen molar-refractivity contribution in [2.75, 3.05) is 20.3 Å². The van der Waals surface area contributed by atoms with Gasteiger partial charge in [0.1, 0.15) is 6.04 Å². The van der Waals surface area contributed by atoms with Crippen LogP contribution < -0.4 is 5.32 Å². The lowest BCUT2D eigenvalue weighted by Gasteiger charge is -2.24. The molecule has 5 nitrogen and oxygen atoms in total. The monoisotopic (exact) mass is 324 g/mol. The molecule has 0 unspecified atom stereocenters. The van der Waals surface area contributed by atoms with Crippen molar-refractivity contribution < 1.29 is 14.3 Å². The largest absolute Gasteiger partial charge is 0.385 e. The van der Waals surface area contributed by atoms with E-state index in [4.69, 9.17) is 16.3 Å². The zero-order valence-corrected chi connectivity index (χ0v) is 13.4. The number of ether oxygens (including phenoxy) is 1. The fraction of sp³-hybridized carbons (Fsp3) is 0.500. The van der Waals surface area contributed by atoms with Gasteiger partial charge in [-0.2, -0.15) is 0 Å². The van der Waals surface area contributed by atoms with Crippen molar-refractivity contribution in [3.63, 3.8) is 0 Å². The molecule has 1 aliphatic rings. The quantitative estimate of drug-likeness (QED) is 0.780. The molecule has 0 spiro atoms. The van der Waals surface area contributed by atoms with Gasteiger partial charge in [-0.1, -0.05) is 29.8 Å². The molecule has 0 aliphatic carbocycles. The first-order chi connectivity index (χ1) is 10.6. The Hall–Kier alpha value is -1.59. The van der Waals surface area contributed by atoms with Gasteiger partial charge < -0.3 is 15.0 Å². The van der Waals surface area contributed by atoms with E-state index in [-0.39, 0.29) is 11.8 Å². The summed E-state index contributed by atoms with van der Waals surface area (Å²) < 4.78 is 4.95. The number of methoxy groups -OCH3 is 1. The Morgan fingerprint density at radius 2 is 2.23 bits per heavy atom. The zero-order chi connectivity index (χ0) is 15.9. The molecule has 0 radical (unpaired) electrons. The molecular weight excluding hydrogens is 304 g/mol. The predicted octanol–water partition coefficient (Wildman–Crippen LogP) is 1.98. The second kappa shape index (κ2) is 8.15. The van der Waals surface area contributed by atoms with E-state index in [1.54, 1.807) is 18.1 Å². The highest BCUT2D eigenvalue weighted by Gasteiger charge is 2.35. The first-order valence-corrected chi connectivity index (χ1v) is 7.81. The molecule has 2 amide bonds. The zero-order valence-electron chi connectivity index (χ0n) is 12.7. The van der Waals surface area contributed by atoms with E-state index < -0.39 is 6.04 Å². The number of rotatable bonds is 7. The maximum atomic E-state index is 12.3. The third-order valence-corrected chi connectivity index (χ3v) is 4.12. The van der Waals surface area contributed by atoms with Gasteiger partial charge in [-0.15, -0.1) is 0 Å². The van der Waals surface area contributed by atoms with Gasteiger partial charge in [0.2, 0.25) is 11.8 Å². The number of carbonyl (C=O) groups excluding carboxylic acids is 2. The number of halogens is 1. The van der Waals surface area contributed by atoms with Crippen molar-refractivity contribution in [3.05, 3.63) is 34.9 Å². The third kappa shape index (κ3) is 4.21. The number of benzene rings is 1. The third-order valence-electron chi connectivity index (χ3n) is 3.75. The maximum absolute atomic E-state index is 12.3. The summed E-state index contributed by atoms with van der Waals surface area (Å²) in [5, 5.41) is 3.48. The van der Waals surface area contributed by atoms with Crippen molar-refractivity contribution >= 4 is 23.4 Å². The standard InChI is InChI=1S/C16H21ClN2O3/c1-22-10-4-9-18-16(21)14-7-8-15(20)19(14)11-12-5-2-3-6-13(12)17/h2-3,5-6,14H,4,7-11H2,1H3,(H,18,21)/t14-/m0/s1. The van der Waals surface area contributed by atoms with Crippen LogP contribution in [-0.4, -0.2) is 43.0 Å². The normalized spacial score (nSPS) is 17.8. The van der Waals surface area contributed by atoms with Crippen molar-refractivity contribution in [1.82, 2.24) is 10.2 Å². The maximum Gasteiger partial charge on any atom is 0.242 e. The first kappa shape index (κ1) is 16.8. The average Bonchev–Trinajstić information content (AvgIpc) is 2.87. The molecule has 120 valence electrons. The number of likely N-dealkylation sites (tertiary alicyclic amines) is 1. The topological polar surface area (TPSA) is 58.6 Å². The molecule has 1 fully saturated rings. The van der Waals surface area contributed by atoms with Crippen molar-refractivity contribution in [2.24, 2.45) is 0 Å². The van der Waals surface area contributed by atoms with Gasteiger partial charge in [-0.3, -0.25) is 9.59 Å². The summed E-state index contributed by atoms with van der Waals surface area (Å²) in [7, 11) is 1.63. The minimum Gasteiger partial charge on any atom is -0.385 e. The molecule has 1 N–H and O–H groups in total. The summed E-state index contributed by atoms with van der Waals surface area (Å²) in [5.74, 6) is -0.106. The van der Waals surface area contributed by atoms with Gasteiger partial charge in [0, 0.05) is 38.2 Å². The molecule has 0 bridgehead atoms. The summed E-state index contributed by atoms with van der Waals surface area (Å²) in [6.45, 7) is 1.53. The Labute approximate surface area is 135 Å². The van der Waals surface area contributed by atoms with Crippen LogP contribution in [0.5, 0.6) is 0 Å². The van der Waals surface area contributed by atoms with Gasteiger partial charge >= 0.3 is 0 Å². The van der Waals surface area contributed by atoms with Gasteiger partial charge in [0.15, 0.2) is 0 Å². The molecule has 6 heteroatoms. The van der Waals surface area contributed by atoms with E-state index in [9.17, 15) is 9.59 Å². The lowest BCUT2D eigenvalue weighted by Crippen LogP contribution is -2.44. The van der Waals surface area contributed by atoms with E-state index in [1.807, 2.05) is 18.2 Å². The van der Waals surface area contributed by atoms with Crippen LogP contribution in [0, 0.1) is 0 Å². The van der Waals surface area contributed by atoms with Gasteiger partial charge in [0.05, 0.1) is 0 Å². The van der Waals surface area contributed by atoms with Crippen molar-refractivity contribution in [3.8, 4) is 0 Å². The van der Waals surface area contributed by atoms with Crippen LogP contribution in [0.4, 0.5) is 0 Å². The van der Waals surface area contributed by atoms with Crippen LogP contribution in [0.3, 0.4) is 0 Å². The van der Waals surface area contributed by atoms with Crippen LogP contribution >= 0.6 is 11.6 Å².